The first-order chi connectivity index (χ1) is 17.7. The van der Waals surface area contributed by atoms with E-state index in [0.717, 1.165) is 48.8 Å². The first-order valence-electron chi connectivity index (χ1n) is 13.8. The van der Waals surface area contributed by atoms with Crippen molar-refractivity contribution in [3.05, 3.63) is 76.4 Å². The molecule has 2 atom stereocenters. The van der Waals surface area contributed by atoms with Gasteiger partial charge in [-0.1, -0.05) is 55.8 Å². The number of rotatable bonds is 14. The molecule has 0 heterocycles. The number of ether oxygens (including phenoxy) is 2. The first kappa shape index (κ1) is 29.1. The van der Waals surface area contributed by atoms with Crippen LogP contribution in [0.3, 0.4) is 0 Å². The van der Waals surface area contributed by atoms with Gasteiger partial charge in [0.15, 0.2) is 0 Å². The molecule has 0 unspecified atom stereocenters. The number of aliphatic hydroxyl groups is 1. The average Bonchev–Trinajstić information content (AvgIpc) is 3.26. The first-order valence-corrected chi connectivity index (χ1v) is 13.8. The summed E-state index contributed by atoms with van der Waals surface area (Å²) in [5, 5.41) is 14.4. The Labute approximate surface area is 223 Å². The Morgan fingerprint density at radius 2 is 1.84 bits per heavy atom. The zero-order valence-electron chi connectivity index (χ0n) is 23.3. The van der Waals surface area contributed by atoms with Gasteiger partial charge in [-0.25, -0.2) is 4.79 Å². The lowest BCUT2D eigenvalue weighted by Crippen LogP contribution is -2.45. The number of β-amino-alcohol motifs (C(OH)–C–C–N with tert-alkyl or cyclic N) is 1. The summed E-state index contributed by atoms with van der Waals surface area (Å²) in [6.45, 7) is 11.5. The third-order valence-electron chi connectivity index (χ3n) is 7.17. The van der Waals surface area contributed by atoms with Crippen molar-refractivity contribution in [2.45, 2.75) is 84.5 Å². The van der Waals surface area contributed by atoms with E-state index in [-0.39, 0.29) is 24.2 Å². The summed E-state index contributed by atoms with van der Waals surface area (Å²) in [4.78, 5) is 11.9. The lowest BCUT2D eigenvalue weighted by molar-refractivity contribution is -0.137. The maximum Gasteiger partial charge on any atom is 0.330 e. The molecule has 0 aliphatic heterocycles. The zero-order valence-corrected chi connectivity index (χ0v) is 23.3. The fourth-order valence-electron chi connectivity index (χ4n) is 5.41. The predicted molar refractivity (Wildman–Crippen MR) is 150 cm³/mol. The number of hydrogen-bond donors (Lipinski definition) is 2. The molecule has 2 aromatic rings. The molecular formula is C32H45NO4. The second-order valence-electron chi connectivity index (χ2n) is 10.9. The molecule has 37 heavy (non-hydrogen) atoms. The molecule has 2 aromatic carbocycles. The van der Waals surface area contributed by atoms with Crippen molar-refractivity contribution in [3.8, 4) is 0 Å². The minimum absolute atomic E-state index is 0.0713. The van der Waals surface area contributed by atoms with Gasteiger partial charge in [0.25, 0.3) is 0 Å². The van der Waals surface area contributed by atoms with Crippen LogP contribution in [0.25, 0.3) is 6.08 Å². The molecule has 0 fully saturated rings. The third kappa shape index (κ3) is 8.80. The van der Waals surface area contributed by atoms with Crippen LogP contribution in [0.2, 0.25) is 0 Å². The Bertz CT molecular complexity index is 1020. The lowest BCUT2D eigenvalue weighted by atomic mass is 9.88. The van der Waals surface area contributed by atoms with Crippen molar-refractivity contribution in [2.24, 2.45) is 5.92 Å². The number of hydrogen-bond acceptors (Lipinski definition) is 5. The molecule has 0 saturated carbocycles. The van der Waals surface area contributed by atoms with Crippen LogP contribution >= 0.6 is 0 Å². The van der Waals surface area contributed by atoms with Crippen molar-refractivity contribution in [3.63, 3.8) is 0 Å². The fourth-order valence-corrected chi connectivity index (χ4v) is 5.41. The summed E-state index contributed by atoms with van der Waals surface area (Å²) < 4.78 is 11.3. The minimum Gasteiger partial charge on any atom is -0.463 e. The topological polar surface area (TPSA) is 67.8 Å². The number of esters is 1. The van der Waals surface area contributed by atoms with Gasteiger partial charge in [-0.05, 0) is 93.2 Å². The molecule has 0 aromatic heterocycles. The molecule has 3 rings (SSSR count). The molecule has 0 spiro atoms. The van der Waals surface area contributed by atoms with Crippen molar-refractivity contribution in [1.82, 2.24) is 5.32 Å². The number of carbonyl (C=O) groups is 1. The Morgan fingerprint density at radius 3 is 2.49 bits per heavy atom. The summed E-state index contributed by atoms with van der Waals surface area (Å²) >= 11 is 0. The molecule has 0 radical (unpaired) electrons. The van der Waals surface area contributed by atoms with Gasteiger partial charge in [-0.15, -0.1) is 0 Å². The Balaban J connectivity index is 1.55. The SMILES string of the molecule is CCC[C@@H](OC[C@H](O)CNC(C)(C)CC1Cc2ccccc2C1)c1cccc(C)c1/C=C/C(=O)OCC. The summed E-state index contributed by atoms with van der Waals surface area (Å²) in [6, 6.07) is 14.8. The fraction of sp³-hybridized carbons (Fsp3) is 0.531. The number of aliphatic hydroxyl groups excluding tert-OH is 1. The van der Waals surface area contributed by atoms with E-state index in [1.807, 2.05) is 31.2 Å². The highest BCUT2D eigenvalue weighted by atomic mass is 16.5. The van der Waals surface area contributed by atoms with Gasteiger partial charge in [0, 0.05) is 18.2 Å². The molecule has 1 aliphatic rings. The number of carbonyl (C=O) groups excluding carboxylic acids is 1. The standard InChI is InChI=1S/C32H45NO4/c1-6-11-30(29-15-10-12-23(3)28(29)16-17-31(35)36-7-2)37-22-27(34)21-33-32(4,5)20-24-18-25-13-8-9-14-26(25)19-24/h8-10,12-17,24,27,30,33-34H,6-7,11,18-22H2,1-5H3/b17-16+/t27-,30-/m1/s1. The number of nitrogens with one attached hydrogen (secondary N) is 1. The van der Waals surface area contributed by atoms with Gasteiger partial charge in [-0.3, -0.25) is 0 Å². The van der Waals surface area contributed by atoms with Gasteiger partial charge in [0.1, 0.15) is 0 Å². The van der Waals surface area contributed by atoms with Gasteiger partial charge >= 0.3 is 5.97 Å². The van der Waals surface area contributed by atoms with Crippen LogP contribution in [0.5, 0.6) is 0 Å². The molecule has 2 N–H and O–H groups in total. The number of benzene rings is 2. The monoisotopic (exact) mass is 507 g/mol. The van der Waals surface area contributed by atoms with Crippen molar-refractivity contribution in [1.29, 1.82) is 0 Å². The van der Waals surface area contributed by atoms with E-state index in [2.05, 4.69) is 50.4 Å². The molecule has 5 heteroatoms. The molecule has 0 bridgehead atoms. The van der Waals surface area contributed by atoms with Crippen LogP contribution < -0.4 is 5.32 Å². The predicted octanol–water partition coefficient (Wildman–Crippen LogP) is 5.96. The molecule has 5 nitrogen and oxygen atoms in total. The smallest absolute Gasteiger partial charge is 0.330 e. The van der Waals surface area contributed by atoms with E-state index in [1.165, 1.54) is 17.2 Å². The van der Waals surface area contributed by atoms with E-state index in [4.69, 9.17) is 9.47 Å². The summed E-state index contributed by atoms with van der Waals surface area (Å²) in [5.74, 6) is 0.278. The van der Waals surface area contributed by atoms with Crippen molar-refractivity contribution < 1.29 is 19.4 Å². The summed E-state index contributed by atoms with van der Waals surface area (Å²) in [7, 11) is 0. The Kier molecular flexibility index (Phi) is 10.9. The van der Waals surface area contributed by atoms with Gasteiger partial charge in [-0.2, -0.15) is 0 Å². The largest absolute Gasteiger partial charge is 0.463 e. The maximum atomic E-state index is 11.9. The molecule has 1 aliphatic carbocycles. The molecule has 0 amide bonds. The summed E-state index contributed by atoms with van der Waals surface area (Å²) in [6.07, 6.45) is 7.63. The van der Waals surface area contributed by atoms with E-state index in [1.54, 1.807) is 6.92 Å². The van der Waals surface area contributed by atoms with Crippen molar-refractivity contribution >= 4 is 12.0 Å². The van der Waals surface area contributed by atoms with E-state index in [0.29, 0.717) is 19.1 Å². The maximum absolute atomic E-state index is 11.9. The summed E-state index contributed by atoms with van der Waals surface area (Å²) in [5.41, 5.74) is 5.96. The molecule has 0 saturated heterocycles. The van der Waals surface area contributed by atoms with Crippen LogP contribution in [0.15, 0.2) is 48.5 Å². The highest BCUT2D eigenvalue weighted by molar-refractivity contribution is 5.87. The van der Waals surface area contributed by atoms with E-state index in [9.17, 15) is 9.90 Å². The number of aryl methyl sites for hydroxylation is 1. The van der Waals surface area contributed by atoms with Gasteiger partial charge in [0.05, 0.1) is 25.4 Å². The highest BCUT2D eigenvalue weighted by Crippen LogP contribution is 2.32. The lowest BCUT2D eigenvalue weighted by Gasteiger charge is -2.31. The molecule has 202 valence electrons. The minimum atomic E-state index is -0.609. The van der Waals surface area contributed by atoms with Crippen LogP contribution in [-0.2, 0) is 27.1 Å². The second-order valence-corrected chi connectivity index (χ2v) is 10.9. The average molecular weight is 508 g/mol. The Morgan fingerprint density at radius 1 is 1.14 bits per heavy atom. The van der Waals surface area contributed by atoms with Crippen molar-refractivity contribution in [2.75, 3.05) is 19.8 Å². The van der Waals surface area contributed by atoms with Gasteiger partial charge < -0.3 is 19.9 Å². The van der Waals surface area contributed by atoms with E-state index >= 15 is 0 Å². The zero-order chi connectivity index (χ0) is 26.8. The van der Waals surface area contributed by atoms with Crippen LogP contribution in [-0.4, -0.2) is 42.5 Å². The number of fused-ring (bicyclic) bond motifs is 1. The van der Waals surface area contributed by atoms with E-state index < -0.39 is 6.10 Å². The second kappa shape index (κ2) is 13.9. The van der Waals surface area contributed by atoms with Crippen LogP contribution in [0, 0.1) is 12.8 Å². The Hall–Kier alpha value is -2.47. The van der Waals surface area contributed by atoms with Crippen LogP contribution in [0.4, 0.5) is 0 Å². The van der Waals surface area contributed by atoms with Gasteiger partial charge in [0.2, 0.25) is 0 Å². The van der Waals surface area contributed by atoms with Crippen LogP contribution in [0.1, 0.15) is 80.9 Å². The quantitative estimate of drug-likeness (QED) is 0.244. The third-order valence-corrected chi connectivity index (χ3v) is 7.17. The normalized spacial score (nSPS) is 15.6. The molecular weight excluding hydrogens is 462 g/mol. The highest BCUT2D eigenvalue weighted by Gasteiger charge is 2.28.